The first-order valence-electron chi connectivity index (χ1n) is 7.77. The SMILES string of the molecule is CCNC(=NCc1ccn(C)c1)N1CC(C)C(C(=O)OC)C1. The molecule has 0 spiro atoms. The van der Waals surface area contributed by atoms with E-state index in [1.165, 1.54) is 12.7 Å². The molecule has 22 heavy (non-hydrogen) atoms. The summed E-state index contributed by atoms with van der Waals surface area (Å²) in [5, 5.41) is 3.32. The summed E-state index contributed by atoms with van der Waals surface area (Å²) in [5.74, 6) is 0.928. The van der Waals surface area contributed by atoms with Gasteiger partial charge in [0.05, 0.1) is 19.6 Å². The van der Waals surface area contributed by atoms with Crippen molar-refractivity contribution in [1.82, 2.24) is 14.8 Å². The normalized spacial score (nSPS) is 22.0. The van der Waals surface area contributed by atoms with Crippen LogP contribution in [0.2, 0.25) is 0 Å². The molecule has 0 amide bonds. The van der Waals surface area contributed by atoms with Gasteiger partial charge in [0.25, 0.3) is 0 Å². The zero-order valence-corrected chi connectivity index (χ0v) is 13.9. The average Bonchev–Trinajstić information content (AvgIpc) is 3.08. The van der Waals surface area contributed by atoms with Crippen LogP contribution in [-0.4, -0.2) is 48.1 Å². The van der Waals surface area contributed by atoms with Crippen LogP contribution in [0.25, 0.3) is 0 Å². The number of likely N-dealkylation sites (tertiary alicyclic amines) is 1. The molecule has 1 aliphatic heterocycles. The topological polar surface area (TPSA) is 58.9 Å². The minimum Gasteiger partial charge on any atom is -0.469 e. The number of aryl methyl sites for hydroxylation is 1. The third-order valence-corrected chi connectivity index (χ3v) is 4.06. The van der Waals surface area contributed by atoms with Crippen LogP contribution in [0.5, 0.6) is 0 Å². The maximum absolute atomic E-state index is 11.8. The first kappa shape index (κ1) is 16.4. The standard InChI is InChI=1S/C16H26N4O2/c1-5-17-16(18-8-13-6-7-19(3)10-13)20-9-12(2)14(11-20)15(21)22-4/h6-7,10,12,14H,5,8-9,11H2,1-4H3,(H,17,18). The van der Waals surface area contributed by atoms with Crippen LogP contribution in [0.1, 0.15) is 19.4 Å². The van der Waals surface area contributed by atoms with Crippen molar-refractivity contribution < 1.29 is 9.53 Å². The van der Waals surface area contributed by atoms with E-state index in [0.717, 1.165) is 19.0 Å². The largest absolute Gasteiger partial charge is 0.469 e. The van der Waals surface area contributed by atoms with Gasteiger partial charge in [-0.2, -0.15) is 0 Å². The maximum atomic E-state index is 11.8. The molecular weight excluding hydrogens is 280 g/mol. The number of carbonyl (C=O) groups is 1. The molecular formula is C16H26N4O2. The van der Waals surface area contributed by atoms with Gasteiger partial charge in [-0.15, -0.1) is 0 Å². The molecule has 2 heterocycles. The Labute approximate surface area is 132 Å². The smallest absolute Gasteiger partial charge is 0.310 e. The van der Waals surface area contributed by atoms with E-state index >= 15 is 0 Å². The van der Waals surface area contributed by atoms with Crippen LogP contribution in [0.3, 0.4) is 0 Å². The number of nitrogens with zero attached hydrogens (tertiary/aromatic N) is 3. The number of esters is 1. The highest BCUT2D eigenvalue weighted by molar-refractivity contribution is 5.82. The number of rotatable bonds is 4. The average molecular weight is 306 g/mol. The van der Waals surface area contributed by atoms with E-state index in [1.54, 1.807) is 0 Å². The van der Waals surface area contributed by atoms with Crippen LogP contribution >= 0.6 is 0 Å². The fraction of sp³-hybridized carbons (Fsp3) is 0.625. The van der Waals surface area contributed by atoms with Gasteiger partial charge in [-0.1, -0.05) is 6.92 Å². The minimum atomic E-state index is -0.131. The van der Waals surface area contributed by atoms with Crippen LogP contribution in [0.4, 0.5) is 0 Å². The summed E-state index contributed by atoms with van der Waals surface area (Å²) in [6, 6.07) is 2.07. The minimum absolute atomic E-state index is 0.0782. The maximum Gasteiger partial charge on any atom is 0.310 e. The lowest BCUT2D eigenvalue weighted by molar-refractivity contribution is -0.145. The van der Waals surface area contributed by atoms with Crippen molar-refractivity contribution in [2.24, 2.45) is 23.9 Å². The Morgan fingerprint density at radius 3 is 2.86 bits per heavy atom. The highest BCUT2D eigenvalue weighted by Gasteiger charge is 2.36. The molecule has 1 aromatic heterocycles. The molecule has 1 N–H and O–H groups in total. The number of nitrogens with one attached hydrogen (secondary N) is 1. The number of ether oxygens (including phenoxy) is 1. The molecule has 0 aromatic carbocycles. The molecule has 0 radical (unpaired) electrons. The predicted octanol–water partition coefficient (Wildman–Crippen LogP) is 1.23. The molecule has 122 valence electrons. The van der Waals surface area contributed by atoms with Gasteiger partial charge in [0, 0.05) is 39.1 Å². The lowest BCUT2D eigenvalue weighted by atomic mass is 9.99. The van der Waals surface area contributed by atoms with Crippen molar-refractivity contribution in [2.75, 3.05) is 26.7 Å². The van der Waals surface area contributed by atoms with Gasteiger partial charge in [-0.3, -0.25) is 4.79 Å². The van der Waals surface area contributed by atoms with Crippen molar-refractivity contribution in [3.05, 3.63) is 24.0 Å². The number of hydrogen-bond donors (Lipinski definition) is 1. The van der Waals surface area contributed by atoms with Crippen molar-refractivity contribution in [3.63, 3.8) is 0 Å². The van der Waals surface area contributed by atoms with Gasteiger partial charge in [0.15, 0.2) is 5.96 Å². The van der Waals surface area contributed by atoms with E-state index in [2.05, 4.69) is 36.3 Å². The summed E-state index contributed by atoms with van der Waals surface area (Å²) in [7, 11) is 3.45. The van der Waals surface area contributed by atoms with Crippen molar-refractivity contribution >= 4 is 11.9 Å². The summed E-state index contributed by atoms with van der Waals surface area (Å²) >= 11 is 0. The first-order chi connectivity index (χ1) is 10.5. The second-order valence-electron chi connectivity index (χ2n) is 5.87. The third-order valence-electron chi connectivity index (χ3n) is 4.06. The van der Waals surface area contributed by atoms with Crippen LogP contribution in [-0.2, 0) is 23.1 Å². The summed E-state index contributed by atoms with van der Waals surface area (Å²) in [6.45, 7) is 7.06. The number of hydrogen-bond acceptors (Lipinski definition) is 3. The molecule has 0 saturated carbocycles. The zero-order valence-electron chi connectivity index (χ0n) is 13.9. The highest BCUT2D eigenvalue weighted by atomic mass is 16.5. The van der Waals surface area contributed by atoms with Crippen molar-refractivity contribution in [2.45, 2.75) is 20.4 Å². The zero-order chi connectivity index (χ0) is 16.1. The van der Waals surface area contributed by atoms with Crippen molar-refractivity contribution in [3.8, 4) is 0 Å². The number of methoxy groups -OCH3 is 1. The Kier molecular flexibility index (Phi) is 5.46. The van der Waals surface area contributed by atoms with E-state index in [4.69, 9.17) is 9.73 Å². The molecule has 1 aromatic rings. The van der Waals surface area contributed by atoms with Crippen molar-refractivity contribution in [1.29, 1.82) is 0 Å². The van der Waals surface area contributed by atoms with Crippen LogP contribution < -0.4 is 5.32 Å². The predicted molar refractivity (Wildman–Crippen MR) is 86.5 cm³/mol. The van der Waals surface area contributed by atoms with Crippen LogP contribution in [0, 0.1) is 11.8 Å². The molecule has 2 unspecified atom stereocenters. The van der Waals surface area contributed by atoms with E-state index in [9.17, 15) is 4.79 Å². The monoisotopic (exact) mass is 306 g/mol. The van der Waals surface area contributed by atoms with Gasteiger partial charge < -0.3 is 19.5 Å². The molecule has 1 aliphatic rings. The van der Waals surface area contributed by atoms with Gasteiger partial charge in [-0.05, 0) is 24.5 Å². The Hall–Kier alpha value is -1.98. The Bertz CT molecular complexity index is 538. The van der Waals surface area contributed by atoms with E-state index in [1.807, 2.05) is 17.8 Å². The second-order valence-corrected chi connectivity index (χ2v) is 5.87. The Balaban J connectivity index is 2.06. The van der Waals surface area contributed by atoms with E-state index < -0.39 is 0 Å². The summed E-state index contributed by atoms with van der Waals surface area (Å²) in [6.07, 6.45) is 4.08. The number of guanidine groups is 1. The fourth-order valence-corrected chi connectivity index (χ4v) is 2.84. The molecule has 6 nitrogen and oxygen atoms in total. The molecule has 1 saturated heterocycles. The lowest BCUT2D eigenvalue weighted by Gasteiger charge is -2.21. The third kappa shape index (κ3) is 3.81. The summed E-state index contributed by atoms with van der Waals surface area (Å²) < 4.78 is 6.91. The Morgan fingerprint density at radius 2 is 2.27 bits per heavy atom. The molecule has 0 bridgehead atoms. The van der Waals surface area contributed by atoms with Gasteiger partial charge >= 0.3 is 5.97 Å². The van der Waals surface area contributed by atoms with E-state index in [-0.39, 0.29) is 17.8 Å². The second kappa shape index (κ2) is 7.33. The molecule has 2 atom stereocenters. The van der Waals surface area contributed by atoms with E-state index in [0.29, 0.717) is 13.1 Å². The van der Waals surface area contributed by atoms with Gasteiger partial charge in [-0.25, -0.2) is 4.99 Å². The van der Waals surface area contributed by atoms with Gasteiger partial charge in [0.1, 0.15) is 0 Å². The molecule has 0 aliphatic carbocycles. The lowest BCUT2D eigenvalue weighted by Crippen LogP contribution is -2.40. The van der Waals surface area contributed by atoms with Crippen LogP contribution in [0.15, 0.2) is 23.5 Å². The summed E-state index contributed by atoms with van der Waals surface area (Å²) in [5.41, 5.74) is 1.18. The molecule has 6 heteroatoms. The number of carbonyl (C=O) groups excluding carboxylic acids is 1. The number of aromatic nitrogens is 1. The number of aliphatic imine (C=N–C) groups is 1. The highest BCUT2D eigenvalue weighted by Crippen LogP contribution is 2.24. The fourth-order valence-electron chi connectivity index (χ4n) is 2.84. The van der Waals surface area contributed by atoms with Gasteiger partial charge in [0.2, 0.25) is 0 Å². The molecule has 1 fully saturated rings. The Morgan fingerprint density at radius 1 is 1.50 bits per heavy atom. The molecule has 2 rings (SSSR count). The quantitative estimate of drug-likeness (QED) is 0.516. The first-order valence-corrected chi connectivity index (χ1v) is 7.77. The summed E-state index contributed by atoms with van der Waals surface area (Å²) in [4.78, 5) is 18.7.